The third kappa shape index (κ3) is 4.44. The predicted octanol–water partition coefficient (Wildman–Crippen LogP) is 1.71. The van der Waals surface area contributed by atoms with Crippen LogP contribution in [0.15, 0.2) is 24.3 Å². The SMILES string of the molecule is Nc1cccc(CC(=O)OCCCF)c1. The lowest BCUT2D eigenvalue weighted by Crippen LogP contribution is -2.09. The summed E-state index contributed by atoms with van der Waals surface area (Å²) in [6.07, 6.45) is 0.431. The predicted molar refractivity (Wildman–Crippen MR) is 56.1 cm³/mol. The van der Waals surface area contributed by atoms with E-state index in [9.17, 15) is 9.18 Å². The van der Waals surface area contributed by atoms with E-state index in [0.717, 1.165) is 5.56 Å². The van der Waals surface area contributed by atoms with Crippen molar-refractivity contribution < 1.29 is 13.9 Å². The summed E-state index contributed by atoms with van der Waals surface area (Å²) in [6.45, 7) is -0.330. The molecule has 0 unspecified atom stereocenters. The number of ether oxygens (including phenoxy) is 1. The first-order valence-electron chi connectivity index (χ1n) is 4.78. The van der Waals surface area contributed by atoms with Crippen LogP contribution in [0, 0.1) is 0 Å². The highest BCUT2D eigenvalue weighted by atomic mass is 19.1. The summed E-state index contributed by atoms with van der Waals surface area (Å²) in [5.41, 5.74) is 6.97. The van der Waals surface area contributed by atoms with E-state index in [4.69, 9.17) is 10.5 Å². The number of nitrogen functional groups attached to an aromatic ring is 1. The van der Waals surface area contributed by atoms with Crippen molar-refractivity contribution in [2.75, 3.05) is 19.0 Å². The summed E-state index contributed by atoms with van der Waals surface area (Å²) < 4.78 is 16.5. The summed E-state index contributed by atoms with van der Waals surface area (Å²) in [7, 11) is 0. The zero-order valence-corrected chi connectivity index (χ0v) is 8.41. The Morgan fingerprint density at radius 3 is 2.93 bits per heavy atom. The highest BCUT2D eigenvalue weighted by Crippen LogP contribution is 2.07. The Hall–Kier alpha value is -1.58. The van der Waals surface area contributed by atoms with Gasteiger partial charge in [-0.1, -0.05) is 12.1 Å². The van der Waals surface area contributed by atoms with Crippen LogP contribution in [0.25, 0.3) is 0 Å². The fourth-order valence-electron chi connectivity index (χ4n) is 1.16. The topological polar surface area (TPSA) is 52.3 Å². The van der Waals surface area contributed by atoms with Gasteiger partial charge in [0.2, 0.25) is 0 Å². The number of carbonyl (C=O) groups is 1. The molecule has 0 heterocycles. The van der Waals surface area contributed by atoms with Gasteiger partial charge in [0.25, 0.3) is 0 Å². The van der Waals surface area contributed by atoms with Crippen LogP contribution in [-0.4, -0.2) is 19.3 Å². The van der Waals surface area contributed by atoms with Crippen molar-refractivity contribution in [3.8, 4) is 0 Å². The lowest BCUT2D eigenvalue weighted by molar-refractivity contribution is -0.142. The van der Waals surface area contributed by atoms with Crippen LogP contribution in [0.1, 0.15) is 12.0 Å². The monoisotopic (exact) mass is 211 g/mol. The molecule has 0 aliphatic carbocycles. The van der Waals surface area contributed by atoms with Gasteiger partial charge in [-0.05, 0) is 17.7 Å². The van der Waals surface area contributed by atoms with Gasteiger partial charge in [-0.3, -0.25) is 9.18 Å². The number of nitrogens with two attached hydrogens (primary N) is 1. The zero-order chi connectivity index (χ0) is 11.1. The molecule has 0 amide bonds. The van der Waals surface area contributed by atoms with Crippen LogP contribution < -0.4 is 5.73 Å². The van der Waals surface area contributed by atoms with Gasteiger partial charge in [0.1, 0.15) is 0 Å². The number of alkyl halides is 1. The Kier molecular flexibility index (Phi) is 4.60. The average Bonchev–Trinajstić information content (AvgIpc) is 2.18. The molecule has 1 aromatic carbocycles. The second kappa shape index (κ2) is 6.01. The minimum Gasteiger partial charge on any atom is -0.465 e. The summed E-state index contributed by atoms with van der Waals surface area (Å²) in [6, 6.07) is 7.04. The number of rotatable bonds is 5. The molecule has 0 radical (unpaired) electrons. The summed E-state index contributed by atoms with van der Waals surface area (Å²) >= 11 is 0. The van der Waals surface area contributed by atoms with Gasteiger partial charge in [0.15, 0.2) is 0 Å². The second-order valence-corrected chi connectivity index (χ2v) is 3.18. The largest absolute Gasteiger partial charge is 0.465 e. The zero-order valence-electron chi connectivity index (χ0n) is 8.41. The van der Waals surface area contributed by atoms with E-state index in [1.165, 1.54) is 0 Å². The van der Waals surface area contributed by atoms with Crippen molar-refractivity contribution in [2.45, 2.75) is 12.8 Å². The van der Waals surface area contributed by atoms with Crippen molar-refractivity contribution in [2.24, 2.45) is 0 Å². The summed E-state index contributed by atoms with van der Waals surface area (Å²) in [5, 5.41) is 0. The van der Waals surface area contributed by atoms with Crippen LogP contribution >= 0.6 is 0 Å². The molecule has 0 aliphatic rings. The number of esters is 1. The maximum absolute atomic E-state index is 11.7. The minimum atomic E-state index is -0.467. The number of carbonyl (C=O) groups excluding carboxylic acids is 1. The molecule has 0 atom stereocenters. The average molecular weight is 211 g/mol. The summed E-state index contributed by atoms with van der Waals surface area (Å²) in [5.74, 6) is -0.353. The Labute approximate surface area is 88.0 Å². The molecule has 0 fully saturated rings. The molecule has 15 heavy (non-hydrogen) atoms. The van der Waals surface area contributed by atoms with Crippen molar-refractivity contribution >= 4 is 11.7 Å². The molecular weight excluding hydrogens is 197 g/mol. The lowest BCUT2D eigenvalue weighted by Gasteiger charge is -2.03. The van der Waals surface area contributed by atoms with Crippen molar-refractivity contribution in [3.63, 3.8) is 0 Å². The number of hydrogen-bond acceptors (Lipinski definition) is 3. The van der Waals surface area contributed by atoms with Crippen LogP contribution in [0.3, 0.4) is 0 Å². The Morgan fingerprint density at radius 1 is 1.47 bits per heavy atom. The first-order valence-corrected chi connectivity index (χ1v) is 4.78. The normalized spacial score (nSPS) is 9.93. The maximum Gasteiger partial charge on any atom is 0.310 e. The van der Waals surface area contributed by atoms with E-state index in [0.29, 0.717) is 5.69 Å². The van der Waals surface area contributed by atoms with Gasteiger partial charge < -0.3 is 10.5 Å². The second-order valence-electron chi connectivity index (χ2n) is 3.18. The molecule has 1 rings (SSSR count). The van der Waals surface area contributed by atoms with Crippen LogP contribution in [-0.2, 0) is 16.0 Å². The van der Waals surface area contributed by atoms with Crippen molar-refractivity contribution in [1.82, 2.24) is 0 Å². The molecule has 0 aliphatic heterocycles. The van der Waals surface area contributed by atoms with Gasteiger partial charge in [-0.2, -0.15) is 0 Å². The molecule has 1 aromatic rings. The van der Waals surface area contributed by atoms with Crippen LogP contribution in [0.4, 0.5) is 10.1 Å². The van der Waals surface area contributed by atoms with E-state index in [1.807, 2.05) is 0 Å². The van der Waals surface area contributed by atoms with E-state index in [2.05, 4.69) is 0 Å². The molecule has 4 heteroatoms. The summed E-state index contributed by atoms with van der Waals surface area (Å²) in [4.78, 5) is 11.2. The smallest absolute Gasteiger partial charge is 0.310 e. The first kappa shape index (κ1) is 11.5. The van der Waals surface area contributed by atoms with E-state index < -0.39 is 6.67 Å². The third-order valence-electron chi connectivity index (χ3n) is 1.84. The Morgan fingerprint density at radius 2 is 2.27 bits per heavy atom. The molecule has 0 aromatic heterocycles. The maximum atomic E-state index is 11.7. The highest BCUT2D eigenvalue weighted by molar-refractivity contribution is 5.72. The number of benzene rings is 1. The van der Waals surface area contributed by atoms with E-state index in [1.54, 1.807) is 24.3 Å². The molecule has 3 nitrogen and oxygen atoms in total. The molecule has 0 bridgehead atoms. The standard InChI is InChI=1S/C11H14FNO2/c12-5-2-6-15-11(14)8-9-3-1-4-10(13)7-9/h1,3-4,7H,2,5-6,8,13H2. The molecule has 0 saturated heterocycles. The number of halogens is 1. The fourth-order valence-corrected chi connectivity index (χ4v) is 1.16. The minimum absolute atomic E-state index is 0.137. The van der Waals surface area contributed by atoms with Crippen LogP contribution in [0.5, 0.6) is 0 Å². The van der Waals surface area contributed by atoms with Gasteiger partial charge in [-0.15, -0.1) is 0 Å². The number of anilines is 1. The van der Waals surface area contributed by atoms with Crippen molar-refractivity contribution in [3.05, 3.63) is 29.8 Å². The lowest BCUT2D eigenvalue weighted by atomic mass is 10.1. The van der Waals surface area contributed by atoms with Crippen molar-refractivity contribution in [1.29, 1.82) is 0 Å². The van der Waals surface area contributed by atoms with E-state index >= 15 is 0 Å². The van der Waals surface area contributed by atoms with E-state index in [-0.39, 0.29) is 25.4 Å². The molecule has 82 valence electrons. The molecule has 0 saturated carbocycles. The number of hydrogen-bond donors (Lipinski definition) is 1. The first-order chi connectivity index (χ1) is 7.22. The van der Waals surface area contributed by atoms with Gasteiger partial charge in [0, 0.05) is 12.1 Å². The van der Waals surface area contributed by atoms with Gasteiger partial charge >= 0.3 is 5.97 Å². The Bertz CT molecular complexity index is 328. The van der Waals surface area contributed by atoms with Gasteiger partial charge in [-0.25, -0.2) is 0 Å². The van der Waals surface area contributed by atoms with Crippen LogP contribution in [0.2, 0.25) is 0 Å². The molecule has 0 spiro atoms. The molecule has 2 N–H and O–H groups in total. The highest BCUT2D eigenvalue weighted by Gasteiger charge is 2.04. The fraction of sp³-hybridized carbons (Fsp3) is 0.364. The Balaban J connectivity index is 2.37. The third-order valence-corrected chi connectivity index (χ3v) is 1.84. The molecular formula is C11H14FNO2. The van der Waals surface area contributed by atoms with Gasteiger partial charge in [0.05, 0.1) is 19.7 Å². The quantitative estimate of drug-likeness (QED) is 0.458.